The highest BCUT2D eigenvalue weighted by Gasteiger charge is 2.27. The molecule has 0 bridgehead atoms. The fraction of sp³-hybridized carbons (Fsp3) is 0.154. The number of carbonyl (C=O) groups excluding carboxylic acids is 2. The predicted molar refractivity (Wildman–Crippen MR) is 131 cm³/mol. The van der Waals surface area contributed by atoms with E-state index in [0.717, 1.165) is 27.5 Å². The lowest BCUT2D eigenvalue weighted by atomic mass is 10.1. The van der Waals surface area contributed by atoms with E-state index in [1.54, 1.807) is 38.3 Å². The number of likely N-dealkylation sites (N-methyl/N-ethyl adjacent to an activating group) is 1. The van der Waals surface area contributed by atoms with Gasteiger partial charge in [0.15, 0.2) is 0 Å². The van der Waals surface area contributed by atoms with Crippen molar-refractivity contribution in [2.24, 2.45) is 0 Å². The Kier molecular flexibility index (Phi) is 6.70. The Balaban J connectivity index is 1.50. The predicted octanol–water partition coefficient (Wildman–Crippen LogP) is 4.74. The molecule has 0 fully saturated rings. The summed E-state index contributed by atoms with van der Waals surface area (Å²) in [6.07, 6.45) is 1.85. The molecule has 1 aliphatic rings. The number of amides is 2. The van der Waals surface area contributed by atoms with Gasteiger partial charge in [-0.15, -0.1) is 0 Å². The second-order valence-electron chi connectivity index (χ2n) is 7.46. The minimum absolute atomic E-state index is 0.119. The topological polar surface area (TPSA) is 67.9 Å². The number of ether oxygens (including phenoxy) is 2. The maximum absolute atomic E-state index is 13.0. The molecule has 3 aromatic rings. The van der Waals surface area contributed by atoms with Gasteiger partial charge in [-0.05, 0) is 59.7 Å². The van der Waals surface area contributed by atoms with E-state index in [2.05, 4.69) is 5.32 Å². The molecule has 0 spiro atoms. The quantitative estimate of drug-likeness (QED) is 0.538. The molecule has 168 valence electrons. The number of anilines is 1. The molecule has 0 unspecified atom stereocenters. The molecule has 1 heterocycles. The largest absolute Gasteiger partial charge is 0.497 e. The second kappa shape index (κ2) is 9.83. The zero-order valence-corrected chi connectivity index (χ0v) is 19.4. The van der Waals surface area contributed by atoms with Crippen molar-refractivity contribution in [2.45, 2.75) is 11.4 Å². The first-order chi connectivity index (χ1) is 16.0. The first-order valence-corrected chi connectivity index (χ1v) is 11.2. The summed E-state index contributed by atoms with van der Waals surface area (Å²) >= 11 is 1.40. The van der Waals surface area contributed by atoms with Crippen LogP contribution < -0.4 is 19.7 Å². The first-order valence-electron chi connectivity index (χ1n) is 10.4. The van der Waals surface area contributed by atoms with Crippen LogP contribution in [0.4, 0.5) is 5.69 Å². The van der Waals surface area contributed by atoms with Gasteiger partial charge < -0.3 is 19.7 Å². The van der Waals surface area contributed by atoms with E-state index < -0.39 is 0 Å². The number of rotatable bonds is 6. The Bertz CT molecular complexity index is 1220. The SMILES string of the molecule is COc1ccc(CNC(=O)c2ccc3c(c2)N(C)C(=O)C(=Cc2cccc(OC)c2)S3)cc1. The Morgan fingerprint density at radius 1 is 1.00 bits per heavy atom. The van der Waals surface area contributed by atoms with E-state index in [1.807, 2.05) is 60.7 Å². The Morgan fingerprint density at radius 2 is 1.76 bits per heavy atom. The number of hydrogen-bond acceptors (Lipinski definition) is 5. The zero-order chi connectivity index (χ0) is 23.4. The van der Waals surface area contributed by atoms with Crippen LogP contribution in [-0.4, -0.2) is 33.1 Å². The third-order valence-electron chi connectivity index (χ3n) is 5.32. The first kappa shape index (κ1) is 22.5. The highest BCUT2D eigenvalue weighted by molar-refractivity contribution is 8.04. The normalized spacial score (nSPS) is 14.1. The molecule has 3 aromatic carbocycles. The lowest BCUT2D eigenvalue weighted by molar-refractivity contribution is -0.114. The summed E-state index contributed by atoms with van der Waals surface area (Å²) < 4.78 is 10.4. The van der Waals surface area contributed by atoms with Crippen LogP contribution in [0.3, 0.4) is 0 Å². The fourth-order valence-corrected chi connectivity index (χ4v) is 4.54. The molecule has 1 aliphatic heterocycles. The van der Waals surface area contributed by atoms with Crippen LogP contribution in [-0.2, 0) is 11.3 Å². The third-order valence-corrected chi connectivity index (χ3v) is 6.40. The van der Waals surface area contributed by atoms with Gasteiger partial charge >= 0.3 is 0 Å². The summed E-state index contributed by atoms with van der Waals surface area (Å²) in [7, 11) is 4.95. The van der Waals surface area contributed by atoms with Gasteiger partial charge in [-0.2, -0.15) is 0 Å². The van der Waals surface area contributed by atoms with Gasteiger partial charge in [0.2, 0.25) is 0 Å². The standard InChI is InChI=1S/C26H24N2O4S/c1-28-22-15-19(25(29)27-16-17-7-10-20(31-2)11-8-17)9-12-23(22)33-24(26(28)30)14-18-5-4-6-21(13-18)32-3/h4-15H,16H2,1-3H3,(H,27,29). The smallest absolute Gasteiger partial charge is 0.264 e. The third kappa shape index (κ3) is 5.04. The van der Waals surface area contributed by atoms with Crippen molar-refractivity contribution in [2.75, 3.05) is 26.2 Å². The van der Waals surface area contributed by atoms with Crippen LogP contribution in [0.1, 0.15) is 21.5 Å². The average Bonchev–Trinajstić information content (AvgIpc) is 2.86. The highest BCUT2D eigenvalue weighted by atomic mass is 32.2. The van der Waals surface area contributed by atoms with Crippen LogP contribution in [0, 0.1) is 0 Å². The molecule has 0 saturated heterocycles. The van der Waals surface area contributed by atoms with Crippen molar-refractivity contribution in [3.05, 3.63) is 88.3 Å². The minimum atomic E-state index is -0.197. The Morgan fingerprint density at radius 3 is 2.48 bits per heavy atom. The summed E-state index contributed by atoms with van der Waals surface area (Å²) in [6.45, 7) is 0.400. The van der Waals surface area contributed by atoms with Crippen LogP contribution in [0.2, 0.25) is 0 Å². The molecule has 0 saturated carbocycles. The molecule has 6 nitrogen and oxygen atoms in total. The lowest BCUT2D eigenvalue weighted by Gasteiger charge is -2.27. The van der Waals surface area contributed by atoms with E-state index in [4.69, 9.17) is 9.47 Å². The Labute approximate surface area is 197 Å². The summed E-state index contributed by atoms with van der Waals surface area (Å²) in [5, 5.41) is 2.92. The number of nitrogens with one attached hydrogen (secondary N) is 1. The van der Waals surface area contributed by atoms with Gasteiger partial charge in [-0.1, -0.05) is 36.0 Å². The number of fused-ring (bicyclic) bond motifs is 1. The van der Waals surface area contributed by atoms with Crippen molar-refractivity contribution in [3.8, 4) is 11.5 Å². The van der Waals surface area contributed by atoms with E-state index >= 15 is 0 Å². The molecule has 4 rings (SSSR count). The fourth-order valence-electron chi connectivity index (χ4n) is 3.45. The van der Waals surface area contributed by atoms with Gasteiger partial charge in [0, 0.05) is 24.1 Å². The Hall–Kier alpha value is -3.71. The van der Waals surface area contributed by atoms with Gasteiger partial charge in [-0.3, -0.25) is 9.59 Å². The lowest BCUT2D eigenvalue weighted by Crippen LogP contribution is -2.31. The van der Waals surface area contributed by atoms with Crippen molar-refractivity contribution in [1.82, 2.24) is 5.32 Å². The van der Waals surface area contributed by atoms with Gasteiger partial charge in [0.05, 0.1) is 24.8 Å². The number of thioether (sulfide) groups is 1. The van der Waals surface area contributed by atoms with E-state index in [0.29, 0.717) is 22.7 Å². The summed E-state index contributed by atoms with van der Waals surface area (Å²) in [5.41, 5.74) is 3.07. The maximum Gasteiger partial charge on any atom is 0.264 e. The molecule has 0 aromatic heterocycles. The zero-order valence-electron chi connectivity index (χ0n) is 18.6. The molecule has 0 aliphatic carbocycles. The van der Waals surface area contributed by atoms with Crippen molar-refractivity contribution in [3.63, 3.8) is 0 Å². The molecular weight excluding hydrogens is 436 g/mol. The number of methoxy groups -OCH3 is 2. The molecule has 0 radical (unpaired) electrons. The van der Waals surface area contributed by atoms with E-state index in [-0.39, 0.29) is 11.8 Å². The van der Waals surface area contributed by atoms with Gasteiger partial charge in [0.25, 0.3) is 11.8 Å². The molecule has 1 N–H and O–H groups in total. The van der Waals surface area contributed by atoms with Crippen molar-refractivity contribution in [1.29, 1.82) is 0 Å². The highest BCUT2D eigenvalue weighted by Crippen LogP contribution is 2.42. The van der Waals surface area contributed by atoms with E-state index in [9.17, 15) is 9.59 Å². The average molecular weight is 461 g/mol. The molecule has 7 heteroatoms. The summed E-state index contributed by atoms with van der Waals surface area (Å²) in [5.74, 6) is 1.18. The van der Waals surface area contributed by atoms with Crippen LogP contribution in [0.25, 0.3) is 6.08 Å². The molecular formula is C26H24N2O4S. The van der Waals surface area contributed by atoms with Gasteiger partial charge in [-0.25, -0.2) is 0 Å². The number of carbonyl (C=O) groups is 2. The van der Waals surface area contributed by atoms with Crippen LogP contribution >= 0.6 is 11.8 Å². The van der Waals surface area contributed by atoms with Crippen molar-refractivity contribution >= 4 is 35.3 Å². The minimum Gasteiger partial charge on any atom is -0.497 e. The monoisotopic (exact) mass is 460 g/mol. The molecule has 0 atom stereocenters. The van der Waals surface area contributed by atoms with Crippen LogP contribution in [0.5, 0.6) is 11.5 Å². The molecule has 33 heavy (non-hydrogen) atoms. The number of hydrogen-bond donors (Lipinski definition) is 1. The van der Waals surface area contributed by atoms with Gasteiger partial charge in [0.1, 0.15) is 11.5 Å². The maximum atomic E-state index is 13.0. The summed E-state index contributed by atoms with van der Waals surface area (Å²) in [4.78, 5) is 28.8. The summed E-state index contributed by atoms with van der Waals surface area (Å²) in [6, 6.07) is 20.5. The van der Waals surface area contributed by atoms with E-state index in [1.165, 1.54) is 11.8 Å². The number of nitrogens with zero attached hydrogens (tertiary/aromatic N) is 1. The number of benzene rings is 3. The molecule has 2 amide bonds. The van der Waals surface area contributed by atoms with Crippen LogP contribution in [0.15, 0.2) is 76.5 Å². The van der Waals surface area contributed by atoms with Crippen molar-refractivity contribution < 1.29 is 19.1 Å². The second-order valence-corrected chi connectivity index (χ2v) is 8.55.